The van der Waals surface area contributed by atoms with Crippen molar-refractivity contribution in [2.24, 2.45) is 0 Å². The molecule has 13 heteroatoms. The average Bonchev–Trinajstić information content (AvgIpc) is 2.95. The van der Waals surface area contributed by atoms with Gasteiger partial charge in [-0.2, -0.15) is 0 Å². The van der Waals surface area contributed by atoms with E-state index < -0.39 is 5.54 Å². The van der Waals surface area contributed by atoms with E-state index >= 15 is 0 Å². The number of carbonyl (C=O) groups excluding carboxylic acids is 1. The molecule has 2 aliphatic heterocycles. The third-order valence-corrected chi connectivity index (χ3v) is 7.09. The molecule has 0 aliphatic carbocycles. The number of nitrogens with one attached hydrogen (secondary N) is 2. The van der Waals surface area contributed by atoms with Crippen molar-refractivity contribution < 1.29 is 23.4 Å². The topological polar surface area (TPSA) is 111 Å². The molecule has 5 rings (SSSR count). The molecule has 1 fully saturated rings. The van der Waals surface area contributed by atoms with E-state index in [0.29, 0.717) is 92.6 Å². The van der Waals surface area contributed by atoms with E-state index in [1.54, 1.807) is 25.4 Å². The quantitative estimate of drug-likeness (QED) is 0.414. The zero-order valence-corrected chi connectivity index (χ0v) is 23.5. The molecule has 0 radical (unpaired) electrons. The van der Waals surface area contributed by atoms with Crippen LogP contribution in [-0.4, -0.2) is 78.3 Å². The number of amides is 1. The monoisotopic (exact) mass is 582 g/mol. The molecular weight excluding hydrogens is 550 g/mol. The van der Waals surface area contributed by atoms with E-state index in [1.165, 1.54) is 13.3 Å². The molecule has 0 atom stereocenters. The number of hydrogen-bond donors (Lipinski definition) is 2. The predicted octanol–water partition coefficient (Wildman–Crippen LogP) is 2.70. The van der Waals surface area contributed by atoms with E-state index in [4.69, 9.17) is 14.2 Å². The Morgan fingerprint density at radius 2 is 1.87 bits per heavy atom. The minimum atomic E-state index is -0.719. The van der Waals surface area contributed by atoms with Crippen molar-refractivity contribution in [1.82, 2.24) is 30.5 Å². The first-order chi connectivity index (χ1) is 18.0. The number of carbonyl (C=O) groups is 1. The summed E-state index contributed by atoms with van der Waals surface area (Å²) in [4.78, 5) is 28.2. The number of methoxy groups -OCH3 is 1. The standard InChI is InChI=1S/C26H31FN6O4.2ClH/c1-28-25(34)26(31-14-17-13-21-22(16-29-17)37-12-11-36-21)6-9-33(10-7-26)8-5-18-19(27)15-30-20-3-4-23(35-2)32-24(18)20;;/h3-4,13,15-16,31H,5-12,14H2,1-2H3,(H,28,34);2*1H. The maximum atomic E-state index is 14.7. The number of likely N-dealkylation sites (tertiary alicyclic amines) is 1. The van der Waals surface area contributed by atoms with Gasteiger partial charge in [0.25, 0.3) is 0 Å². The van der Waals surface area contributed by atoms with Crippen LogP contribution in [0.5, 0.6) is 17.4 Å². The molecule has 3 aromatic heterocycles. The van der Waals surface area contributed by atoms with Crippen LogP contribution in [0.1, 0.15) is 24.1 Å². The van der Waals surface area contributed by atoms with Gasteiger partial charge in [-0.05, 0) is 25.3 Å². The summed E-state index contributed by atoms with van der Waals surface area (Å²) in [7, 11) is 3.18. The van der Waals surface area contributed by atoms with Crippen LogP contribution < -0.4 is 24.8 Å². The zero-order valence-electron chi connectivity index (χ0n) is 21.9. The largest absolute Gasteiger partial charge is 0.486 e. The van der Waals surface area contributed by atoms with Crippen LogP contribution in [0.25, 0.3) is 11.0 Å². The van der Waals surface area contributed by atoms with Gasteiger partial charge >= 0.3 is 0 Å². The van der Waals surface area contributed by atoms with Gasteiger partial charge in [-0.3, -0.25) is 20.1 Å². The number of likely N-dealkylation sites (N-methyl/N-ethyl adjacent to an activating group) is 1. The van der Waals surface area contributed by atoms with Gasteiger partial charge in [0, 0.05) is 50.9 Å². The summed E-state index contributed by atoms with van der Waals surface area (Å²) in [6.45, 7) is 3.46. The van der Waals surface area contributed by atoms with Gasteiger partial charge in [0.1, 0.15) is 24.6 Å². The fourth-order valence-electron chi connectivity index (χ4n) is 4.93. The van der Waals surface area contributed by atoms with Gasteiger partial charge < -0.3 is 24.4 Å². The zero-order chi connectivity index (χ0) is 25.8. The first-order valence-electron chi connectivity index (χ1n) is 12.4. The van der Waals surface area contributed by atoms with Crippen molar-refractivity contribution in [3.63, 3.8) is 0 Å². The number of pyridine rings is 3. The Bertz CT molecular complexity index is 1290. The first kappa shape index (κ1) is 30.6. The molecular formula is C26H33Cl2FN6O4. The molecule has 2 aliphatic rings. The number of nitrogens with zero attached hydrogens (tertiary/aromatic N) is 4. The number of ether oxygens (including phenoxy) is 3. The van der Waals surface area contributed by atoms with Crippen LogP contribution in [0.15, 0.2) is 30.6 Å². The minimum absolute atomic E-state index is 0. The fourth-order valence-corrected chi connectivity index (χ4v) is 4.93. The predicted molar refractivity (Wildman–Crippen MR) is 149 cm³/mol. The van der Waals surface area contributed by atoms with Crippen molar-refractivity contribution in [2.75, 3.05) is 47.0 Å². The molecule has 1 saturated heterocycles. The summed E-state index contributed by atoms with van der Waals surface area (Å²) in [5, 5.41) is 6.27. The summed E-state index contributed by atoms with van der Waals surface area (Å²) >= 11 is 0. The molecule has 3 aromatic rings. The SMILES string of the molecule is CNC(=O)C1(NCc2cc3c(cn2)OCCO3)CCN(CCc2c(F)cnc3ccc(OC)nc23)CC1.Cl.Cl. The van der Waals surface area contributed by atoms with Gasteiger partial charge in [-0.1, -0.05) is 0 Å². The van der Waals surface area contributed by atoms with Crippen molar-refractivity contribution >= 4 is 41.8 Å². The highest BCUT2D eigenvalue weighted by molar-refractivity contribution is 5.86. The van der Waals surface area contributed by atoms with Crippen molar-refractivity contribution in [1.29, 1.82) is 0 Å². The highest BCUT2D eigenvalue weighted by Crippen LogP contribution is 2.30. The molecule has 212 valence electrons. The number of hydrogen-bond acceptors (Lipinski definition) is 9. The smallest absolute Gasteiger partial charge is 0.240 e. The van der Waals surface area contributed by atoms with E-state index in [0.717, 1.165) is 5.69 Å². The molecule has 39 heavy (non-hydrogen) atoms. The molecule has 0 unspecified atom stereocenters. The van der Waals surface area contributed by atoms with Gasteiger partial charge in [0.05, 0.1) is 36.2 Å². The lowest BCUT2D eigenvalue weighted by Crippen LogP contribution is -2.61. The fraction of sp³-hybridized carbons (Fsp3) is 0.462. The summed E-state index contributed by atoms with van der Waals surface area (Å²) in [5.41, 5.74) is 1.73. The number of halogens is 3. The van der Waals surface area contributed by atoms with Gasteiger partial charge in [-0.25, -0.2) is 9.37 Å². The Labute approximate surface area is 238 Å². The number of piperidine rings is 1. The Kier molecular flexibility index (Phi) is 10.5. The highest BCUT2D eigenvalue weighted by Gasteiger charge is 2.40. The first-order valence-corrected chi connectivity index (χ1v) is 12.4. The molecule has 0 aromatic carbocycles. The van der Waals surface area contributed by atoms with Crippen molar-refractivity contribution in [3.8, 4) is 17.4 Å². The van der Waals surface area contributed by atoms with Crippen molar-refractivity contribution in [3.05, 3.63) is 47.7 Å². The Balaban J connectivity index is 0.00000210. The number of aromatic nitrogens is 3. The Morgan fingerprint density at radius 1 is 1.13 bits per heavy atom. The molecule has 2 N–H and O–H groups in total. The second kappa shape index (κ2) is 13.4. The lowest BCUT2D eigenvalue weighted by atomic mass is 9.86. The summed E-state index contributed by atoms with van der Waals surface area (Å²) in [6, 6.07) is 5.35. The van der Waals surface area contributed by atoms with Crippen LogP contribution in [-0.2, 0) is 17.8 Å². The third-order valence-electron chi connectivity index (χ3n) is 7.09. The third kappa shape index (κ3) is 6.60. The van der Waals surface area contributed by atoms with Crippen LogP contribution >= 0.6 is 24.8 Å². The van der Waals surface area contributed by atoms with Gasteiger partial charge in [-0.15, -0.1) is 24.8 Å². The lowest BCUT2D eigenvalue weighted by molar-refractivity contribution is -0.129. The van der Waals surface area contributed by atoms with Crippen LogP contribution in [0.2, 0.25) is 0 Å². The summed E-state index contributed by atoms with van der Waals surface area (Å²) < 4.78 is 31.1. The van der Waals surface area contributed by atoms with Crippen LogP contribution in [0.4, 0.5) is 4.39 Å². The summed E-state index contributed by atoms with van der Waals surface area (Å²) in [5.74, 6) is 1.31. The average molecular weight is 583 g/mol. The molecule has 0 bridgehead atoms. The van der Waals surface area contributed by atoms with E-state index in [1.807, 2.05) is 6.07 Å². The summed E-state index contributed by atoms with van der Waals surface area (Å²) in [6.07, 6.45) is 4.61. The van der Waals surface area contributed by atoms with E-state index in [2.05, 4.69) is 30.5 Å². The van der Waals surface area contributed by atoms with E-state index in [-0.39, 0.29) is 36.5 Å². The number of fused-ring (bicyclic) bond motifs is 2. The van der Waals surface area contributed by atoms with Gasteiger partial charge in [0.2, 0.25) is 11.8 Å². The molecule has 5 heterocycles. The van der Waals surface area contributed by atoms with Gasteiger partial charge in [0.15, 0.2) is 11.5 Å². The van der Waals surface area contributed by atoms with Crippen molar-refractivity contribution in [2.45, 2.75) is 31.3 Å². The Morgan fingerprint density at radius 3 is 2.59 bits per heavy atom. The second-order valence-corrected chi connectivity index (χ2v) is 9.23. The van der Waals surface area contributed by atoms with Crippen LogP contribution in [0, 0.1) is 5.82 Å². The molecule has 0 saturated carbocycles. The highest BCUT2D eigenvalue weighted by atomic mass is 35.5. The maximum absolute atomic E-state index is 14.7. The van der Waals surface area contributed by atoms with Crippen LogP contribution in [0.3, 0.4) is 0 Å². The number of rotatable bonds is 8. The minimum Gasteiger partial charge on any atom is -0.486 e. The molecule has 0 spiro atoms. The second-order valence-electron chi connectivity index (χ2n) is 9.23. The lowest BCUT2D eigenvalue weighted by Gasteiger charge is -2.41. The van der Waals surface area contributed by atoms with E-state index in [9.17, 15) is 9.18 Å². The molecule has 1 amide bonds. The molecule has 10 nitrogen and oxygen atoms in total. The Hall–Kier alpha value is -2.99. The normalized spacial score (nSPS) is 16.1. The maximum Gasteiger partial charge on any atom is 0.240 e.